The van der Waals surface area contributed by atoms with Crippen LogP contribution in [0, 0.1) is 47.0 Å². The average Bonchev–Trinajstić information content (AvgIpc) is 2.97. The van der Waals surface area contributed by atoms with E-state index in [2.05, 4.69) is 59.3 Å². The molecule has 2 aliphatic rings. The number of rotatable bonds is 0. The minimum atomic E-state index is 0. The Hall–Kier alpha value is -0.00571. The molecule has 120 valence electrons. The Morgan fingerprint density at radius 1 is 1.05 bits per heavy atom. The van der Waals surface area contributed by atoms with Crippen molar-refractivity contribution in [2.75, 3.05) is 0 Å². The summed E-state index contributed by atoms with van der Waals surface area (Å²) in [6, 6.07) is 0. The largest absolute Gasteiger partial charge is 4.00 e. The Labute approximate surface area is 163 Å². The molecule has 0 nitrogen and oxygen atoms in total. The third kappa shape index (κ3) is 5.27. The fourth-order valence-electron chi connectivity index (χ4n) is 3.07. The molecule has 3 heteroatoms. The van der Waals surface area contributed by atoms with Crippen molar-refractivity contribution in [2.45, 2.75) is 53.9 Å². The minimum absolute atomic E-state index is 0. The zero-order chi connectivity index (χ0) is 14.0. The van der Waals surface area contributed by atoms with Gasteiger partial charge in [-0.15, -0.1) is 18.6 Å². The zero-order valence-electron chi connectivity index (χ0n) is 14.3. The molecule has 1 fully saturated rings. The Kier molecular flexibility index (Phi) is 11.8. The maximum absolute atomic E-state index is 2.37. The molecule has 0 N–H and O–H groups in total. The molecule has 1 aromatic rings. The van der Waals surface area contributed by atoms with Gasteiger partial charge in [-0.2, -0.15) is 27.8 Å². The Balaban J connectivity index is 0. The summed E-state index contributed by atoms with van der Waals surface area (Å²) in [4.78, 5) is 0. The van der Waals surface area contributed by atoms with Gasteiger partial charge in [0, 0.05) is 0 Å². The van der Waals surface area contributed by atoms with Crippen LogP contribution in [0.15, 0.2) is 23.8 Å². The molecular weight excluding hydrogens is 347 g/mol. The van der Waals surface area contributed by atoms with Crippen molar-refractivity contribution in [3.63, 3.8) is 0 Å². The normalized spacial score (nSPS) is 17.5. The van der Waals surface area contributed by atoms with E-state index in [0.29, 0.717) is 0 Å². The molecular formula is C19H26Cl2Ti. The number of halogens is 2. The fourth-order valence-corrected chi connectivity index (χ4v) is 3.07. The monoisotopic (exact) mass is 372 g/mol. The van der Waals surface area contributed by atoms with Crippen LogP contribution in [0.1, 0.15) is 47.1 Å². The van der Waals surface area contributed by atoms with Crippen molar-refractivity contribution in [1.29, 1.82) is 0 Å². The van der Waals surface area contributed by atoms with Gasteiger partial charge >= 0.3 is 21.7 Å². The van der Waals surface area contributed by atoms with Crippen molar-refractivity contribution >= 4 is 0 Å². The second-order valence-corrected chi connectivity index (χ2v) is 5.93. The van der Waals surface area contributed by atoms with Gasteiger partial charge in [-0.1, -0.05) is 41.0 Å². The van der Waals surface area contributed by atoms with E-state index < -0.39 is 0 Å². The number of allylic oxidation sites excluding steroid dienone is 4. The van der Waals surface area contributed by atoms with Crippen LogP contribution in [-0.2, 0) is 21.7 Å². The van der Waals surface area contributed by atoms with Crippen LogP contribution >= 0.6 is 0 Å². The molecule has 0 spiro atoms. The Morgan fingerprint density at radius 3 is 2.00 bits per heavy atom. The van der Waals surface area contributed by atoms with Crippen LogP contribution in [0.4, 0.5) is 0 Å². The fraction of sp³-hybridized carbons (Fsp3) is 0.474. The van der Waals surface area contributed by atoms with E-state index in [-0.39, 0.29) is 46.5 Å². The third-order valence-electron chi connectivity index (χ3n) is 5.02. The topological polar surface area (TPSA) is 0 Å². The zero-order valence-corrected chi connectivity index (χ0v) is 17.3. The van der Waals surface area contributed by atoms with Gasteiger partial charge in [0.05, 0.1) is 0 Å². The van der Waals surface area contributed by atoms with Crippen molar-refractivity contribution in [3.8, 4) is 0 Å². The standard InChI is InChI=1S/C10H15.C9H11.2ClH.Ti/c1-6-7(2)9(4)10(5)8(6)3;1-2-5-9-7-3-6-8(9)4-1;;;/h1-5H3;1-2,4,6,9H,3,5,7H2;2*1H;/q2*-1;;;+4/p-2. The van der Waals surface area contributed by atoms with E-state index in [1.54, 1.807) is 5.57 Å². The summed E-state index contributed by atoms with van der Waals surface area (Å²) in [5, 5.41) is 0. The van der Waals surface area contributed by atoms with Crippen LogP contribution in [-0.4, -0.2) is 0 Å². The summed E-state index contributed by atoms with van der Waals surface area (Å²) in [7, 11) is 0. The molecule has 2 aliphatic carbocycles. The summed E-state index contributed by atoms with van der Waals surface area (Å²) in [6.07, 6.45) is 13.0. The molecule has 0 bridgehead atoms. The van der Waals surface area contributed by atoms with Crippen molar-refractivity contribution < 1.29 is 46.5 Å². The van der Waals surface area contributed by atoms with E-state index in [1.165, 1.54) is 47.1 Å². The van der Waals surface area contributed by atoms with Gasteiger partial charge in [0.1, 0.15) is 0 Å². The molecule has 0 radical (unpaired) electrons. The molecule has 0 aromatic heterocycles. The molecule has 0 saturated heterocycles. The van der Waals surface area contributed by atoms with E-state index in [9.17, 15) is 0 Å². The first-order chi connectivity index (χ1) is 9.02. The van der Waals surface area contributed by atoms with Crippen LogP contribution in [0.5, 0.6) is 0 Å². The molecule has 1 aromatic carbocycles. The van der Waals surface area contributed by atoms with Crippen LogP contribution < -0.4 is 24.8 Å². The predicted octanol–water partition coefficient (Wildman–Crippen LogP) is -0.560. The van der Waals surface area contributed by atoms with E-state index in [4.69, 9.17) is 0 Å². The number of fused-ring (bicyclic) bond motifs is 1. The van der Waals surface area contributed by atoms with Gasteiger partial charge in [0.25, 0.3) is 0 Å². The molecule has 1 unspecified atom stereocenters. The SMILES string of the molecule is C1=CCC2CC[CH-]C2=C1.Cc1c(C)c(C)[c-](C)c1C.[Cl-].[Cl-].[Ti+4]. The van der Waals surface area contributed by atoms with E-state index in [0.717, 1.165) is 5.92 Å². The summed E-state index contributed by atoms with van der Waals surface area (Å²) in [5.41, 5.74) is 8.92. The van der Waals surface area contributed by atoms with Crippen LogP contribution in [0.2, 0.25) is 0 Å². The molecule has 3 rings (SSSR count). The molecule has 1 saturated carbocycles. The molecule has 0 amide bonds. The Morgan fingerprint density at radius 2 is 1.59 bits per heavy atom. The number of hydrogen-bond acceptors (Lipinski definition) is 0. The van der Waals surface area contributed by atoms with Crippen molar-refractivity contribution in [1.82, 2.24) is 0 Å². The van der Waals surface area contributed by atoms with E-state index >= 15 is 0 Å². The molecule has 1 atom stereocenters. The van der Waals surface area contributed by atoms with Crippen LogP contribution in [0.25, 0.3) is 0 Å². The first kappa shape index (κ1) is 24.2. The minimum Gasteiger partial charge on any atom is -1.00 e. The predicted molar refractivity (Wildman–Crippen MR) is 84.6 cm³/mol. The van der Waals surface area contributed by atoms with Gasteiger partial charge in [-0.05, 0) is 12.3 Å². The van der Waals surface area contributed by atoms with Gasteiger partial charge in [-0.25, -0.2) is 18.1 Å². The Bertz CT molecular complexity index is 444. The summed E-state index contributed by atoms with van der Waals surface area (Å²) < 4.78 is 0. The smallest absolute Gasteiger partial charge is 1.00 e. The summed E-state index contributed by atoms with van der Waals surface area (Å²) in [6.45, 7) is 11.0. The number of hydrogen-bond donors (Lipinski definition) is 0. The second-order valence-electron chi connectivity index (χ2n) is 5.93. The maximum Gasteiger partial charge on any atom is 4.00 e. The average molecular weight is 373 g/mol. The van der Waals surface area contributed by atoms with Gasteiger partial charge in [0.15, 0.2) is 0 Å². The van der Waals surface area contributed by atoms with E-state index in [1.807, 2.05) is 0 Å². The molecule has 22 heavy (non-hydrogen) atoms. The van der Waals surface area contributed by atoms with Crippen LogP contribution in [0.3, 0.4) is 0 Å². The van der Waals surface area contributed by atoms with Gasteiger partial charge < -0.3 is 24.8 Å². The summed E-state index contributed by atoms with van der Waals surface area (Å²) in [5.74, 6) is 0.884. The molecule has 0 aliphatic heterocycles. The van der Waals surface area contributed by atoms with Crippen molar-refractivity contribution in [2.24, 2.45) is 5.92 Å². The molecule has 0 heterocycles. The quantitative estimate of drug-likeness (QED) is 0.423. The third-order valence-corrected chi connectivity index (χ3v) is 5.02. The first-order valence-electron chi connectivity index (χ1n) is 7.42. The van der Waals surface area contributed by atoms with Crippen molar-refractivity contribution in [3.05, 3.63) is 58.0 Å². The first-order valence-corrected chi connectivity index (χ1v) is 7.42. The summed E-state index contributed by atoms with van der Waals surface area (Å²) >= 11 is 0. The van der Waals surface area contributed by atoms with Gasteiger partial charge in [-0.3, -0.25) is 0 Å². The van der Waals surface area contributed by atoms with Gasteiger partial charge in [0.2, 0.25) is 0 Å². The second kappa shape index (κ2) is 10.7. The maximum atomic E-state index is 2.37.